The van der Waals surface area contributed by atoms with Gasteiger partial charge in [-0.1, -0.05) is 17.9 Å². The second-order valence-corrected chi connectivity index (χ2v) is 5.58. The fraction of sp³-hybridized carbons (Fsp3) is 0.158. The van der Waals surface area contributed by atoms with E-state index in [0.717, 1.165) is 5.71 Å². The Morgan fingerprint density at radius 2 is 1.57 bits per heavy atom. The van der Waals surface area contributed by atoms with Crippen molar-refractivity contribution in [1.29, 1.82) is 0 Å². The molecule has 0 bridgehead atoms. The average Bonchev–Trinajstić information content (AvgIpc) is 2.56. The summed E-state index contributed by atoms with van der Waals surface area (Å²) >= 11 is 0. The first-order valence-electron chi connectivity index (χ1n) is 7.28. The first-order chi connectivity index (χ1) is 11.0. The maximum absolute atomic E-state index is 12.4. The molecule has 4 nitrogen and oxygen atoms in total. The van der Waals surface area contributed by atoms with Crippen LogP contribution >= 0.6 is 0 Å². The van der Waals surface area contributed by atoms with Crippen LogP contribution < -0.4 is 9.84 Å². The average molecular weight is 307 g/mol. The highest BCUT2D eigenvalue weighted by molar-refractivity contribution is 6.39. The number of carbonyl (C=O) groups excluding carboxylic acids is 1. The zero-order chi connectivity index (χ0) is 16.6. The molecule has 0 heterocycles. The topological polar surface area (TPSA) is 52.4 Å². The van der Waals surface area contributed by atoms with Crippen LogP contribution in [0, 0.1) is 0 Å². The van der Waals surface area contributed by atoms with Gasteiger partial charge in [-0.2, -0.15) is 0 Å². The van der Waals surface area contributed by atoms with Crippen molar-refractivity contribution in [3.05, 3.63) is 71.0 Å². The van der Waals surface area contributed by atoms with Crippen LogP contribution in [0.15, 0.2) is 65.5 Å². The number of benzene rings is 1. The highest BCUT2D eigenvalue weighted by Gasteiger charge is 2.30. The van der Waals surface area contributed by atoms with Crippen molar-refractivity contribution in [2.75, 3.05) is 21.2 Å². The van der Waals surface area contributed by atoms with Crippen molar-refractivity contribution < 1.29 is 19.2 Å². The van der Waals surface area contributed by atoms with E-state index in [2.05, 4.69) is 0 Å². The Morgan fingerprint density at radius 1 is 0.957 bits per heavy atom. The van der Waals surface area contributed by atoms with Gasteiger partial charge in [0.15, 0.2) is 11.5 Å². The Balaban J connectivity index is 1.97. The lowest BCUT2D eigenvalue weighted by molar-refractivity contribution is -0.462. The summed E-state index contributed by atoms with van der Waals surface area (Å²) in [5.41, 5.74) is 2.84. The van der Waals surface area contributed by atoms with Crippen LogP contribution in [0.2, 0.25) is 0 Å². The molecule has 0 spiro atoms. The molecular formula is C19H17NO3. The number of nitrogens with zero attached hydrogens (tertiary/aromatic N) is 1. The van der Waals surface area contributed by atoms with Crippen molar-refractivity contribution >= 4 is 17.1 Å². The number of carbonyl (C=O) groups is 1. The summed E-state index contributed by atoms with van der Waals surface area (Å²) in [6.07, 6.45) is 7.42. The van der Waals surface area contributed by atoms with Gasteiger partial charge >= 0.3 is 0 Å². The molecule has 0 atom stereocenters. The molecule has 2 aliphatic carbocycles. The van der Waals surface area contributed by atoms with Crippen molar-refractivity contribution in [2.45, 2.75) is 0 Å². The van der Waals surface area contributed by atoms with E-state index in [1.54, 1.807) is 31.4 Å². The van der Waals surface area contributed by atoms with Gasteiger partial charge in [0, 0.05) is 23.3 Å². The SMILES string of the molecule is COc1ccc(C2=C([O-])C(=C3C=CC(=[N+](C)C)C=C3)C2=O)cc1. The van der Waals surface area contributed by atoms with Gasteiger partial charge < -0.3 is 9.84 Å². The number of hydrogen-bond acceptors (Lipinski definition) is 3. The Kier molecular flexibility index (Phi) is 3.74. The predicted octanol–water partition coefficient (Wildman–Crippen LogP) is 1.48. The molecule has 0 fully saturated rings. The zero-order valence-corrected chi connectivity index (χ0v) is 13.3. The van der Waals surface area contributed by atoms with Crippen LogP contribution in [0.5, 0.6) is 5.75 Å². The molecule has 0 N–H and O–H groups in total. The molecule has 116 valence electrons. The molecule has 0 radical (unpaired) electrons. The van der Waals surface area contributed by atoms with Gasteiger partial charge in [-0.25, -0.2) is 4.58 Å². The third kappa shape index (κ3) is 2.52. The second kappa shape index (κ2) is 5.72. The molecular weight excluding hydrogens is 290 g/mol. The standard InChI is InChI=1S/C19H17NO3/c1-20(2)14-8-4-12(5-9-14)16-18(21)17(19(16)22)13-6-10-15(23-3)11-7-13/h4-11H,1-3H3. The normalized spacial score (nSPS) is 16.8. The zero-order valence-electron chi connectivity index (χ0n) is 13.3. The Morgan fingerprint density at radius 3 is 2.04 bits per heavy atom. The van der Waals surface area contributed by atoms with Crippen LogP contribution in [0.3, 0.4) is 0 Å². The monoisotopic (exact) mass is 307 g/mol. The van der Waals surface area contributed by atoms with E-state index in [9.17, 15) is 9.90 Å². The largest absolute Gasteiger partial charge is 0.871 e. The minimum absolute atomic E-state index is 0.197. The highest BCUT2D eigenvalue weighted by atomic mass is 16.5. The first kappa shape index (κ1) is 15.0. The third-order valence-corrected chi connectivity index (χ3v) is 3.96. The molecule has 0 saturated heterocycles. The van der Waals surface area contributed by atoms with Gasteiger partial charge in [-0.3, -0.25) is 4.79 Å². The van der Waals surface area contributed by atoms with Crippen LogP contribution in [0.25, 0.3) is 5.57 Å². The Labute approximate surface area is 135 Å². The minimum Gasteiger partial charge on any atom is -0.871 e. The molecule has 0 aromatic heterocycles. The summed E-state index contributed by atoms with van der Waals surface area (Å²) in [6.45, 7) is 0. The summed E-state index contributed by atoms with van der Waals surface area (Å²) in [6, 6.07) is 6.95. The van der Waals surface area contributed by atoms with Gasteiger partial charge in [0.1, 0.15) is 19.8 Å². The minimum atomic E-state index is -0.197. The van der Waals surface area contributed by atoms with E-state index < -0.39 is 0 Å². The molecule has 0 unspecified atom stereocenters. The number of allylic oxidation sites excluding steroid dienone is 7. The van der Waals surface area contributed by atoms with Crippen molar-refractivity contribution in [3.8, 4) is 5.75 Å². The quantitative estimate of drug-likeness (QED) is 0.614. The maximum Gasteiger partial charge on any atom is 0.199 e. The van der Waals surface area contributed by atoms with Gasteiger partial charge in [-0.05, 0) is 35.4 Å². The van der Waals surface area contributed by atoms with E-state index >= 15 is 0 Å². The Bertz CT molecular complexity index is 812. The number of ether oxygens (including phenoxy) is 1. The van der Waals surface area contributed by atoms with Crippen LogP contribution in [-0.4, -0.2) is 37.3 Å². The van der Waals surface area contributed by atoms with Crippen molar-refractivity contribution in [2.24, 2.45) is 0 Å². The molecule has 4 heteroatoms. The van der Waals surface area contributed by atoms with Gasteiger partial charge in [0.25, 0.3) is 0 Å². The smallest absolute Gasteiger partial charge is 0.199 e. The molecule has 23 heavy (non-hydrogen) atoms. The van der Waals surface area contributed by atoms with Crippen LogP contribution in [-0.2, 0) is 4.79 Å². The Hall–Kier alpha value is -2.88. The van der Waals surface area contributed by atoms with Gasteiger partial charge in [0.05, 0.1) is 7.11 Å². The van der Waals surface area contributed by atoms with Crippen LogP contribution in [0.1, 0.15) is 5.56 Å². The summed E-state index contributed by atoms with van der Waals surface area (Å²) in [5.74, 6) is 0.299. The van der Waals surface area contributed by atoms with E-state index in [4.69, 9.17) is 4.74 Å². The third-order valence-electron chi connectivity index (χ3n) is 3.96. The van der Waals surface area contributed by atoms with E-state index in [0.29, 0.717) is 16.9 Å². The number of methoxy groups -OCH3 is 1. The molecule has 0 saturated carbocycles. The lowest BCUT2D eigenvalue weighted by Gasteiger charge is -2.32. The number of hydrogen-bond donors (Lipinski definition) is 0. The first-order valence-corrected chi connectivity index (χ1v) is 7.28. The summed E-state index contributed by atoms with van der Waals surface area (Å²) < 4.78 is 7.05. The number of Topliss-reactive ketones (excluding diaryl/α,β-unsaturated/α-hetero) is 1. The number of rotatable bonds is 2. The molecule has 0 aliphatic heterocycles. The second-order valence-electron chi connectivity index (χ2n) is 5.58. The molecule has 2 aliphatic rings. The lowest BCUT2D eigenvalue weighted by Crippen LogP contribution is -2.30. The lowest BCUT2D eigenvalue weighted by atomic mass is 9.80. The predicted molar refractivity (Wildman–Crippen MR) is 87.3 cm³/mol. The number of ketones is 1. The maximum atomic E-state index is 12.4. The van der Waals surface area contributed by atoms with E-state index in [1.807, 2.05) is 43.0 Å². The summed E-state index contributed by atoms with van der Waals surface area (Å²) in [5, 5.41) is 12.4. The van der Waals surface area contributed by atoms with E-state index in [1.165, 1.54) is 0 Å². The van der Waals surface area contributed by atoms with Crippen molar-refractivity contribution in [1.82, 2.24) is 0 Å². The van der Waals surface area contributed by atoms with Crippen LogP contribution in [0.4, 0.5) is 0 Å². The van der Waals surface area contributed by atoms with E-state index in [-0.39, 0.29) is 22.7 Å². The van der Waals surface area contributed by atoms with Gasteiger partial charge in [0.2, 0.25) is 0 Å². The van der Waals surface area contributed by atoms with Crippen molar-refractivity contribution in [3.63, 3.8) is 0 Å². The highest BCUT2D eigenvalue weighted by Crippen LogP contribution is 2.37. The molecule has 1 aromatic carbocycles. The molecule has 3 rings (SSSR count). The fourth-order valence-corrected chi connectivity index (χ4v) is 2.60. The fourth-order valence-electron chi connectivity index (χ4n) is 2.60. The summed E-state index contributed by atoms with van der Waals surface area (Å²) in [7, 11) is 5.46. The molecule has 1 aromatic rings. The summed E-state index contributed by atoms with van der Waals surface area (Å²) in [4.78, 5) is 12.4. The van der Waals surface area contributed by atoms with Gasteiger partial charge in [-0.15, -0.1) is 0 Å². The molecule has 0 amide bonds.